The van der Waals surface area contributed by atoms with Crippen LogP contribution in [0.1, 0.15) is 47.5 Å². The zero-order valence-electron chi connectivity index (χ0n) is 14.1. The largest absolute Gasteiger partial charge is 0.481 e. The molecule has 0 saturated carbocycles. The van der Waals surface area contributed by atoms with Crippen molar-refractivity contribution >= 4 is 18.0 Å². The van der Waals surface area contributed by atoms with Gasteiger partial charge in [0.05, 0.1) is 5.92 Å². The lowest BCUT2D eigenvalue weighted by Crippen LogP contribution is -2.41. The van der Waals surface area contributed by atoms with Crippen molar-refractivity contribution in [3.05, 3.63) is 0 Å². The molecule has 0 heterocycles. The van der Waals surface area contributed by atoms with E-state index in [9.17, 15) is 14.4 Å². The molecule has 0 rings (SSSR count). The van der Waals surface area contributed by atoms with E-state index < -0.39 is 23.6 Å². The number of amides is 2. The minimum Gasteiger partial charge on any atom is -0.481 e. The van der Waals surface area contributed by atoms with Gasteiger partial charge in [0, 0.05) is 26.1 Å². The number of hydrogen-bond acceptors (Lipinski definition) is 4. The zero-order chi connectivity index (χ0) is 17.3. The molecule has 7 heteroatoms. The lowest BCUT2D eigenvalue weighted by Gasteiger charge is -2.24. The number of nitrogens with one attached hydrogen (secondary N) is 1. The number of rotatable bonds is 8. The summed E-state index contributed by atoms with van der Waals surface area (Å²) in [5, 5.41) is 11.4. The second kappa shape index (κ2) is 9.27. The van der Waals surface area contributed by atoms with Crippen LogP contribution < -0.4 is 5.32 Å². The third-order valence-corrected chi connectivity index (χ3v) is 2.80. The van der Waals surface area contributed by atoms with Crippen LogP contribution in [0.2, 0.25) is 0 Å². The van der Waals surface area contributed by atoms with E-state index in [1.54, 1.807) is 25.7 Å². The first-order chi connectivity index (χ1) is 10.1. The van der Waals surface area contributed by atoms with Gasteiger partial charge in [0.2, 0.25) is 5.91 Å². The Hall–Kier alpha value is -1.79. The van der Waals surface area contributed by atoms with E-state index in [1.807, 2.05) is 6.92 Å². The molecule has 0 aromatic heterocycles. The summed E-state index contributed by atoms with van der Waals surface area (Å²) in [6.45, 7) is 9.87. The monoisotopic (exact) mass is 316 g/mol. The van der Waals surface area contributed by atoms with Gasteiger partial charge in [-0.3, -0.25) is 9.59 Å². The van der Waals surface area contributed by atoms with E-state index in [0.717, 1.165) is 6.42 Å². The summed E-state index contributed by atoms with van der Waals surface area (Å²) in [6, 6.07) is 0. The maximum atomic E-state index is 12.1. The summed E-state index contributed by atoms with van der Waals surface area (Å²) >= 11 is 0. The van der Waals surface area contributed by atoms with Crippen LogP contribution in [0.25, 0.3) is 0 Å². The van der Waals surface area contributed by atoms with Gasteiger partial charge in [0.15, 0.2) is 0 Å². The highest BCUT2D eigenvalue weighted by Crippen LogP contribution is 2.07. The van der Waals surface area contributed by atoms with Gasteiger partial charge in [-0.2, -0.15) is 0 Å². The molecular weight excluding hydrogens is 288 g/mol. The lowest BCUT2D eigenvalue weighted by atomic mass is 10.1. The first-order valence-corrected chi connectivity index (χ1v) is 7.54. The van der Waals surface area contributed by atoms with Gasteiger partial charge in [-0.1, -0.05) is 13.8 Å². The van der Waals surface area contributed by atoms with Crippen LogP contribution in [0.4, 0.5) is 4.79 Å². The first-order valence-electron chi connectivity index (χ1n) is 7.54. The van der Waals surface area contributed by atoms with Crippen molar-refractivity contribution in [1.82, 2.24) is 10.2 Å². The van der Waals surface area contributed by atoms with Gasteiger partial charge < -0.3 is 20.1 Å². The summed E-state index contributed by atoms with van der Waals surface area (Å²) in [4.78, 5) is 36.0. The highest BCUT2D eigenvalue weighted by molar-refractivity contribution is 5.82. The molecule has 0 saturated heterocycles. The molecule has 0 bridgehead atoms. The SMILES string of the molecule is CCCN(CCNC(=O)OC(C)(C)C)C(=O)CC(C)C(=O)O. The van der Waals surface area contributed by atoms with Crippen LogP contribution in [0, 0.1) is 5.92 Å². The third-order valence-electron chi connectivity index (χ3n) is 2.80. The Morgan fingerprint density at radius 1 is 1.23 bits per heavy atom. The van der Waals surface area contributed by atoms with Crippen LogP contribution in [-0.4, -0.2) is 53.2 Å². The predicted molar refractivity (Wildman–Crippen MR) is 82.5 cm³/mol. The van der Waals surface area contributed by atoms with E-state index >= 15 is 0 Å². The Bertz CT molecular complexity index is 390. The predicted octanol–water partition coefficient (Wildman–Crippen LogP) is 1.86. The van der Waals surface area contributed by atoms with Gasteiger partial charge in [-0.25, -0.2) is 4.79 Å². The molecule has 0 spiro atoms. The minimum absolute atomic E-state index is 0.0399. The number of carboxylic acids is 1. The van der Waals surface area contributed by atoms with Crippen LogP contribution in [0.3, 0.4) is 0 Å². The quantitative estimate of drug-likeness (QED) is 0.712. The van der Waals surface area contributed by atoms with E-state index in [0.29, 0.717) is 13.1 Å². The van der Waals surface area contributed by atoms with E-state index in [-0.39, 0.29) is 18.9 Å². The van der Waals surface area contributed by atoms with Crippen molar-refractivity contribution in [3.63, 3.8) is 0 Å². The number of ether oxygens (including phenoxy) is 1. The fraction of sp³-hybridized carbons (Fsp3) is 0.800. The fourth-order valence-corrected chi connectivity index (χ4v) is 1.72. The lowest BCUT2D eigenvalue weighted by molar-refractivity contribution is -0.145. The average molecular weight is 316 g/mol. The molecule has 22 heavy (non-hydrogen) atoms. The maximum Gasteiger partial charge on any atom is 0.407 e. The molecule has 0 radical (unpaired) electrons. The first kappa shape index (κ1) is 20.2. The van der Waals surface area contributed by atoms with Gasteiger partial charge >= 0.3 is 12.1 Å². The van der Waals surface area contributed by atoms with E-state index in [1.165, 1.54) is 6.92 Å². The number of nitrogens with zero attached hydrogens (tertiary/aromatic N) is 1. The van der Waals surface area contributed by atoms with E-state index in [4.69, 9.17) is 9.84 Å². The summed E-state index contributed by atoms with van der Waals surface area (Å²) < 4.78 is 5.10. The van der Waals surface area contributed by atoms with Gasteiger partial charge in [-0.15, -0.1) is 0 Å². The van der Waals surface area contributed by atoms with Crippen LogP contribution in [-0.2, 0) is 14.3 Å². The molecule has 0 aromatic rings. The summed E-state index contributed by atoms with van der Waals surface area (Å²) in [5.74, 6) is -1.93. The van der Waals surface area contributed by atoms with Gasteiger partial charge in [-0.05, 0) is 27.2 Å². The molecule has 128 valence electrons. The molecule has 0 aromatic carbocycles. The molecule has 0 aliphatic rings. The molecule has 2 N–H and O–H groups in total. The average Bonchev–Trinajstić information content (AvgIpc) is 2.35. The third kappa shape index (κ3) is 9.20. The second-order valence-corrected chi connectivity index (χ2v) is 6.25. The van der Waals surface area contributed by atoms with Gasteiger partial charge in [0.25, 0.3) is 0 Å². The number of aliphatic carboxylic acids is 1. The molecule has 7 nitrogen and oxygen atoms in total. The van der Waals surface area contributed by atoms with Crippen molar-refractivity contribution in [2.24, 2.45) is 5.92 Å². The second-order valence-electron chi connectivity index (χ2n) is 6.25. The van der Waals surface area contributed by atoms with Crippen molar-refractivity contribution < 1.29 is 24.2 Å². The van der Waals surface area contributed by atoms with Gasteiger partial charge in [0.1, 0.15) is 5.60 Å². The van der Waals surface area contributed by atoms with E-state index in [2.05, 4.69) is 5.32 Å². The van der Waals surface area contributed by atoms with Crippen molar-refractivity contribution in [3.8, 4) is 0 Å². The Labute approximate surface area is 132 Å². The normalized spacial score (nSPS) is 12.4. The molecule has 2 amide bonds. The Morgan fingerprint density at radius 2 is 1.82 bits per heavy atom. The summed E-state index contributed by atoms with van der Waals surface area (Å²) in [6.07, 6.45) is 0.191. The molecule has 1 atom stereocenters. The molecule has 0 aliphatic heterocycles. The van der Waals surface area contributed by atoms with Crippen LogP contribution in [0.5, 0.6) is 0 Å². The highest BCUT2D eigenvalue weighted by atomic mass is 16.6. The minimum atomic E-state index is -0.989. The molecule has 1 unspecified atom stereocenters. The number of carbonyl (C=O) groups excluding carboxylic acids is 2. The maximum absolute atomic E-state index is 12.1. The standard InChI is InChI=1S/C15H28N2O5/c1-6-8-17(12(18)10-11(2)13(19)20)9-7-16-14(21)22-15(3,4)5/h11H,6-10H2,1-5H3,(H,16,21)(H,19,20). The number of carboxylic acid groups (broad SMARTS) is 1. The topological polar surface area (TPSA) is 95.9 Å². The fourth-order valence-electron chi connectivity index (χ4n) is 1.72. The van der Waals surface area contributed by atoms with Crippen molar-refractivity contribution in [2.45, 2.75) is 53.1 Å². The molecule has 0 aliphatic carbocycles. The smallest absolute Gasteiger partial charge is 0.407 e. The number of carbonyl (C=O) groups is 3. The molecule has 0 fully saturated rings. The summed E-state index contributed by atoms with van der Waals surface area (Å²) in [5.41, 5.74) is -0.570. The highest BCUT2D eigenvalue weighted by Gasteiger charge is 2.21. The zero-order valence-corrected chi connectivity index (χ0v) is 14.1. The molecular formula is C15H28N2O5. The van der Waals surface area contributed by atoms with Crippen LogP contribution in [0.15, 0.2) is 0 Å². The number of hydrogen-bond donors (Lipinski definition) is 2. The Balaban J connectivity index is 4.32. The Kier molecular flexibility index (Phi) is 8.52. The number of alkyl carbamates (subject to hydrolysis) is 1. The van der Waals surface area contributed by atoms with Crippen LogP contribution >= 0.6 is 0 Å². The Morgan fingerprint density at radius 3 is 2.27 bits per heavy atom. The van der Waals surface area contributed by atoms with Crippen molar-refractivity contribution in [1.29, 1.82) is 0 Å². The summed E-state index contributed by atoms with van der Waals surface area (Å²) in [7, 11) is 0. The van der Waals surface area contributed by atoms with Crippen molar-refractivity contribution in [2.75, 3.05) is 19.6 Å².